The molecule has 2 heterocycles. The molecular weight excluding hydrogens is 402 g/mol. The highest BCUT2D eigenvalue weighted by Gasteiger charge is 2.25. The van der Waals surface area contributed by atoms with Crippen LogP contribution in [0, 0.1) is 17.0 Å². The highest BCUT2D eigenvalue weighted by molar-refractivity contribution is 5.82. The van der Waals surface area contributed by atoms with Crippen molar-refractivity contribution in [3.05, 3.63) is 74.6 Å². The van der Waals surface area contributed by atoms with Crippen LogP contribution >= 0.6 is 0 Å². The summed E-state index contributed by atoms with van der Waals surface area (Å²) in [5, 5.41) is 12.1. The minimum Gasteiger partial charge on any atom is -0.484 e. The van der Waals surface area contributed by atoms with E-state index in [1.165, 1.54) is 12.1 Å². The number of hydrogen-bond donors (Lipinski definition) is 0. The Hall–Kier alpha value is -3.88. The second-order valence-electron chi connectivity index (χ2n) is 7.31. The molecule has 0 saturated carbocycles. The molecule has 0 N–H and O–H groups in total. The van der Waals surface area contributed by atoms with Gasteiger partial charge >= 0.3 is 5.63 Å². The molecule has 4 rings (SSSR count). The van der Waals surface area contributed by atoms with Gasteiger partial charge in [-0.1, -0.05) is 12.1 Å². The quantitative estimate of drug-likeness (QED) is 0.353. The lowest BCUT2D eigenvalue weighted by molar-refractivity contribution is -0.384. The Kier molecular flexibility index (Phi) is 5.57. The van der Waals surface area contributed by atoms with Gasteiger partial charge in [0.2, 0.25) is 0 Å². The fraction of sp³-hybridized carbons (Fsp3) is 0.273. The number of benzene rings is 2. The van der Waals surface area contributed by atoms with Crippen LogP contribution in [0.25, 0.3) is 11.0 Å². The van der Waals surface area contributed by atoms with Crippen molar-refractivity contribution >= 4 is 28.3 Å². The van der Waals surface area contributed by atoms with E-state index >= 15 is 0 Å². The standard InChI is InChI=1S/C22H21N3O6/c1-15-12-22(27)31-20-13-16(6-7-17(15)20)30-14-21(26)24-10-8-23(9-11-24)18-4-2-3-5-19(18)25(28)29/h2-7,12-13H,8-11,14H2,1H3. The van der Waals surface area contributed by atoms with E-state index in [0.717, 1.165) is 10.9 Å². The second-order valence-corrected chi connectivity index (χ2v) is 7.31. The van der Waals surface area contributed by atoms with Gasteiger partial charge < -0.3 is 19.0 Å². The van der Waals surface area contributed by atoms with Crippen molar-refractivity contribution in [2.24, 2.45) is 0 Å². The van der Waals surface area contributed by atoms with Gasteiger partial charge in [0.25, 0.3) is 11.6 Å². The van der Waals surface area contributed by atoms with Crippen molar-refractivity contribution in [3.63, 3.8) is 0 Å². The molecule has 3 aromatic rings. The van der Waals surface area contributed by atoms with Crippen LogP contribution in [0.15, 0.2) is 57.7 Å². The minimum atomic E-state index is -0.435. The first-order valence-electron chi connectivity index (χ1n) is 9.86. The topological polar surface area (TPSA) is 106 Å². The van der Waals surface area contributed by atoms with Gasteiger partial charge in [-0.3, -0.25) is 14.9 Å². The molecule has 1 saturated heterocycles. The Bertz CT molecular complexity index is 1200. The summed E-state index contributed by atoms with van der Waals surface area (Å²) in [7, 11) is 0. The lowest BCUT2D eigenvalue weighted by Crippen LogP contribution is -2.50. The van der Waals surface area contributed by atoms with E-state index in [-0.39, 0.29) is 18.2 Å². The Morgan fingerprint density at radius 3 is 2.61 bits per heavy atom. The number of rotatable bonds is 5. The second kappa shape index (κ2) is 8.47. The van der Waals surface area contributed by atoms with Crippen molar-refractivity contribution in [2.75, 3.05) is 37.7 Å². The molecule has 2 aromatic carbocycles. The van der Waals surface area contributed by atoms with Crippen LogP contribution in [-0.4, -0.2) is 48.5 Å². The van der Waals surface area contributed by atoms with Crippen molar-refractivity contribution in [1.29, 1.82) is 0 Å². The average molecular weight is 423 g/mol. The zero-order valence-electron chi connectivity index (χ0n) is 16.9. The van der Waals surface area contributed by atoms with Gasteiger partial charge in [0.15, 0.2) is 6.61 Å². The smallest absolute Gasteiger partial charge is 0.336 e. The van der Waals surface area contributed by atoms with Crippen LogP contribution in [0.5, 0.6) is 5.75 Å². The first-order valence-corrected chi connectivity index (χ1v) is 9.86. The molecule has 1 aromatic heterocycles. The Balaban J connectivity index is 1.36. The number of carbonyl (C=O) groups excluding carboxylic acids is 1. The molecule has 0 aliphatic carbocycles. The van der Waals surface area contributed by atoms with Gasteiger partial charge in [0, 0.05) is 49.8 Å². The molecule has 0 bridgehead atoms. The number of carbonyl (C=O) groups is 1. The lowest BCUT2D eigenvalue weighted by atomic mass is 10.1. The number of nitrogens with zero attached hydrogens (tertiary/aromatic N) is 3. The number of amides is 1. The highest BCUT2D eigenvalue weighted by Crippen LogP contribution is 2.28. The zero-order chi connectivity index (χ0) is 22.0. The first kappa shape index (κ1) is 20.4. The molecule has 0 unspecified atom stereocenters. The summed E-state index contributed by atoms with van der Waals surface area (Å²) in [6.45, 7) is 3.56. The molecule has 0 atom stereocenters. The Labute approximate surface area is 177 Å². The monoisotopic (exact) mass is 423 g/mol. The minimum absolute atomic E-state index is 0.0591. The summed E-state index contributed by atoms with van der Waals surface area (Å²) in [6.07, 6.45) is 0. The predicted octanol–water partition coefficient (Wildman–Crippen LogP) is 2.74. The molecule has 1 aliphatic heterocycles. The maximum atomic E-state index is 12.6. The molecular formula is C22H21N3O6. The number of anilines is 1. The Morgan fingerprint density at radius 1 is 1.13 bits per heavy atom. The number of nitro benzene ring substituents is 1. The van der Waals surface area contributed by atoms with E-state index in [2.05, 4.69) is 0 Å². The number of piperazine rings is 1. The van der Waals surface area contributed by atoms with E-state index in [1.807, 2.05) is 11.8 Å². The fourth-order valence-electron chi connectivity index (χ4n) is 3.71. The largest absolute Gasteiger partial charge is 0.484 e. The number of aryl methyl sites for hydroxylation is 1. The van der Waals surface area contributed by atoms with Crippen LogP contribution in [0.3, 0.4) is 0 Å². The van der Waals surface area contributed by atoms with Gasteiger partial charge in [-0.05, 0) is 30.7 Å². The zero-order valence-corrected chi connectivity index (χ0v) is 16.9. The van der Waals surface area contributed by atoms with E-state index in [4.69, 9.17) is 9.15 Å². The summed E-state index contributed by atoms with van der Waals surface area (Å²) in [6, 6.07) is 13.2. The number of para-hydroxylation sites is 2. The summed E-state index contributed by atoms with van der Waals surface area (Å²) >= 11 is 0. The maximum Gasteiger partial charge on any atom is 0.336 e. The van der Waals surface area contributed by atoms with E-state index < -0.39 is 10.5 Å². The van der Waals surface area contributed by atoms with Gasteiger partial charge in [-0.15, -0.1) is 0 Å². The number of hydrogen-bond acceptors (Lipinski definition) is 7. The number of ether oxygens (including phenoxy) is 1. The van der Waals surface area contributed by atoms with Crippen molar-refractivity contribution in [1.82, 2.24) is 4.90 Å². The van der Waals surface area contributed by atoms with E-state index in [9.17, 15) is 19.7 Å². The SMILES string of the molecule is Cc1cc(=O)oc2cc(OCC(=O)N3CCN(c4ccccc4[N+](=O)[O-])CC3)ccc12. The molecule has 1 fully saturated rings. The highest BCUT2D eigenvalue weighted by atomic mass is 16.6. The molecule has 160 valence electrons. The maximum absolute atomic E-state index is 12.6. The summed E-state index contributed by atoms with van der Waals surface area (Å²) in [5.41, 5.74) is 1.40. The predicted molar refractivity (Wildman–Crippen MR) is 115 cm³/mol. The molecule has 0 spiro atoms. The van der Waals surface area contributed by atoms with Crippen LogP contribution in [-0.2, 0) is 4.79 Å². The lowest BCUT2D eigenvalue weighted by Gasteiger charge is -2.35. The van der Waals surface area contributed by atoms with Crippen LogP contribution < -0.4 is 15.3 Å². The number of nitro groups is 1. The molecule has 1 amide bonds. The van der Waals surface area contributed by atoms with Crippen LogP contribution in [0.4, 0.5) is 11.4 Å². The van der Waals surface area contributed by atoms with Crippen LogP contribution in [0.2, 0.25) is 0 Å². The van der Waals surface area contributed by atoms with Gasteiger partial charge in [0.05, 0.1) is 4.92 Å². The molecule has 9 heteroatoms. The van der Waals surface area contributed by atoms with Gasteiger partial charge in [-0.25, -0.2) is 4.79 Å². The van der Waals surface area contributed by atoms with Crippen molar-refractivity contribution < 1.29 is 18.9 Å². The molecule has 1 aliphatic rings. The summed E-state index contributed by atoms with van der Waals surface area (Å²) in [5.74, 6) is 0.265. The summed E-state index contributed by atoms with van der Waals surface area (Å²) < 4.78 is 10.8. The Morgan fingerprint density at radius 2 is 1.87 bits per heavy atom. The summed E-state index contributed by atoms with van der Waals surface area (Å²) in [4.78, 5) is 38.6. The third kappa shape index (κ3) is 4.35. The van der Waals surface area contributed by atoms with Crippen molar-refractivity contribution in [2.45, 2.75) is 6.92 Å². The molecule has 0 radical (unpaired) electrons. The third-order valence-electron chi connectivity index (χ3n) is 5.34. The van der Waals surface area contributed by atoms with E-state index in [0.29, 0.717) is 43.2 Å². The van der Waals surface area contributed by atoms with Gasteiger partial charge in [-0.2, -0.15) is 0 Å². The molecule has 9 nitrogen and oxygen atoms in total. The average Bonchev–Trinajstić information content (AvgIpc) is 2.77. The molecule has 31 heavy (non-hydrogen) atoms. The van der Waals surface area contributed by atoms with E-state index in [1.54, 1.807) is 41.3 Å². The fourth-order valence-corrected chi connectivity index (χ4v) is 3.71. The third-order valence-corrected chi connectivity index (χ3v) is 5.34. The normalized spacial score (nSPS) is 14.0. The first-order chi connectivity index (χ1) is 14.9. The van der Waals surface area contributed by atoms with Gasteiger partial charge in [0.1, 0.15) is 17.0 Å². The van der Waals surface area contributed by atoms with Crippen molar-refractivity contribution in [3.8, 4) is 5.75 Å². The number of fused-ring (bicyclic) bond motifs is 1. The van der Waals surface area contributed by atoms with Crippen LogP contribution in [0.1, 0.15) is 5.56 Å².